The molecule has 0 bridgehead atoms. The van der Waals surface area contributed by atoms with Crippen molar-refractivity contribution >= 4 is 185 Å². The van der Waals surface area contributed by atoms with Crippen LogP contribution in [0, 0.1) is 0 Å². The van der Waals surface area contributed by atoms with Gasteiger partial charge in [-0.25, -0.2) is 69.6 Å². The maximum atomic E-state index is 12.2. The number of aromatic nitrogens is 16. The molecule has 0 atom stereocenters. The molecule has 0 saturated carbocycles. The molecule has 742 valence electrons. The predicted molar refractivity (Wildman–Crippen MR) is 584 cm³/mol. The average Bonchev–Trinajstić information content (AvgIpc) is 1.04. The Kier molecular flexibility index (Phi) is 35.8. The number of anilines is 14. The summed E-state index contributed by atoms with van der Waals surface area (Å²) < 4.78 is 22.4. The van der Waals surface area contributed by atoms with E-state index < -0.39 is 0 Å². The number of hydrogen-bond acceptors (Lipinski definition) is 33. The molecule has 0 unspecified atom stereocenters. The van der Waals surface area contributed by atoms with E-state index in [4.69, 9.17) is 24.1 Å². The Labute approximate surface area is 842 Å². The average molecular weight is 1970 g/mol. The Morgan fingerprint density at radius 1 is 0.361 bits per heavy atom. The fourth-order valence-corrected chi connectivity index (χ4v) is 17.5. The number of hydrogen-bond donors (Lipinski definition) is 15. The summed E-state index contributed by atoms with van der Waals surface area (Å²) >= 11 is 3.19. The second-order valence-corrected chi connectivity index (χ2v) is 36.3. The monoisotopic (exact) mass is 1970 g/mol. The minimum atomic E-state index is -0.266. The molecule has 2 amide bonds. The second kappa shape index (κ2) is 51.2. The lowest BCUT2D eigenvalue weighted by Crippen LogP contribution is -2.28. The number of methoxy groups -OCH3 is 3. The number of aliphatic hydroxyl groups excluding tert-OH is 1. The zero-order valence-corrected chi connectivity index (χ0v) is 83.4. The zero-order chi connectivity index (χ0) is 99.6. The molecular formula is C106H120N30O6S2. The molecule has 144 heavy (non-hydrogen) atoms. The van der Waals surface area contributed by atoms with E-state index in [-0.39, 0.29) is 12.6 Å². The summed E-state index contributed by atoms with van der Waals surface area (Å²) in [5.74, 6) is 7.85. The SMILES string of the molecule is CCN(CCO)CCCOc1cc2ncnc(NCCc3cnc(Nc4nc5ccccc5[nH]4)s3)c2cc1OC.CN(C)CCCNc1ccc2c(NCCc3ccc(NC(=O)Nc4ccccc4)cc3)ncnc2c1.CN(C)CCCNc1ccc2c(NCCc3ccc(Nc4nc5ccccc5[nH]4)cc3)ncnc2c1.COc1cc2ncnc(NCCc3cnc(Nc4nc5ccccc5[nH]4)s3)c2cc1OC. The predicted octanol–water partition coefficient (Wildman–Crippen LogP) is 19.4. The van der Waals surface area contributed by atoms with Crippen LogP contribution in [0.15, 0.2) is 250 Å². The lowest BCUT2D eigenvalue weighted by molar-refractivity contribution is 0.188. The molecule has 15 N–H and O–H groups in total. The number of imidazole rings is 3. The van der Waals surface area contributed by atoms with E-state index in [9.17, 15) is 4.79 Å². The minimum Gasteiger partial charge on any atom is -0.493 e. The van der Waals surface area contributed by atoms with Gasteiger partial charge in [0.25, 0.3) is 0 Å². The molecule has 19 aromatic rings. The number of amides is 2. The van der Waals surface area contributed by atoms with Crippen LogP contribution in [0.25, 0.3) is 76.7 Å². The third kappa shape index (κ3) is 28.8. The Hall–Kier alpha value is -16.3. The molecule has 0 spiro atoms. The van der Waals surface area contributed by atoms with Gasteiger partial charge in [-0.05, 0) is 212 Å². The fraction of sp³-hybridized carbons (Fsp3) is 0.264. The fourth-order valence-electron chi connectivity index (χ4n) is 15.8. The van der Waals surface area contributed by atoms with E-state index in [0.29, 0.717) is 61.1 Å². The van der Waals surface area contributed by atoms with Gasteiger partial charge in [0.15, 0.2) is 33.3 Å². The molecule has 0 aliphatic heterocycles. The standard InChI is InChI=1S/C28H34N8O3S.C28H32N8.C28H33N7O.C22H21N7O2S/c1-3-36(12-13-37)11-6-14-39-25-16-23-20(15-24(25)38-2)26(32-18-31-23)29-10-9-19-17-30-28(40-19)35-27-33-21-7-4-5-8-22(21)34-27;1-36(2)17-5-15-29-22-12-13-23-26(18-22)31-19-32-27(23)30-16-14-20-8-10-21(11-9-20)33-28-34-24-6-3-4-7-25(24)35-28;1-35(2)18-6-16-29-24-13-14-25-26(19-24)31-20-32-27(25)30-17-15-21-9-11-23(12-10-21)34-28(36)33-22-7-4-3-5-8-22;1-30-18-9-14-17(10-19(18)31-2)25-12-26-20(14)23-8-7-13-11-24-22(32-13)29-21-27-15-5-3-4-6-16(15)28-21/h4-5,7-8,15-18,37H,3,6,9-14H2,1-2H3,(H,29,31,32)(H2,30,33,34,35);3-4,6-13,18-19,29H,5,14-17H2,1-2H3,(H,30,31,32)(H2,33,34,35);3-5,7-14,19-20,29H,6,15-18H2,1-2H3,(H,30,31,32)(H2,33,34,36);3-6,9-12H,7-8H2,1-2H3,(H,23,25,26)(H2,24,27,28,29). The van der Waals surface area contributed by atoms with Crippen molar-refractivity contribution in [1.29, 1.82) is 0 Å². The van der Waals surface area contributed by atoms with Crippen LogP contribution in [0.5, 0.6) is 23.0 Å². The number of likely N-dealkylation sites (N-methyl/N-ethyl adjacent to an activating group) is 1. The van der Waals surface area contributed by atoms with Gasteiger partial charge in [0, 0.05) is 149 Å². The van der Waals surface area contributed by atoms with Crippen LogP contribution >= 0.6 is 22.7 Å². The van der Waals surface area contributed by atoms with E-state index in [1.807, 2.05) is 164 Å². The maximum absolute atomic E-state index is 12.2. The minimum absolute atomic E-state index is 0.162. The number of nitrogens with one attached hydrogen (secondary N) is 14. The van der Waals surface area contributed by atoms with Gasteiger partial charge in [0.1, 0.15) is 48.6 Å². The summed E-state index contributed by atoms with van der Waals surface area (Å²) in [7, 11) is 13.2. The molecule has 38 heteroatoms. The Morgan fingerprint density at radius 2 is 0.750 bits per heavy atom. The number of nitrogens with zero attached hydrogens (tertiary/aromatic N) is 16. The highest BCUT2D eigenvalue weighted by atomic mass is 32.1. The summed E-state index contributed by atoms with van der Waals surface area (Å²) in [5, 5.41) is 50.7. The van der Waals surface area contributed by atoms with Gasteiger partial charge in [-0.15, -0.1) is 22.7 Å². The van der Waals surface area contributed by atoms with Gasteiger partial charge in [0.2, 0.25) is 17.8 Å². The lowest BCUT2D eigenvalue weighted by atomic mass is 10.1. The highest BCUT2D eigenvalue weighted by Gasteiger charge is 2.19. The summed E-state index contributed by atoms with van der Waals surface area (Å²) in [5.41, 5.74) is 16.2. The molecule has 9 aromatic heterocycles. The van der Waals surface area contributed by atoms with Crippen LogP contribution in [0.1, 0.15) is 47.1 Å². The first-order chi connectivity index (χ1) is 70.6. The van der Waals surface area contributed by atoms with E-state index in [1.54, 1.807) is 69.3 Å². The van der Waals surface area contributed by atoms with Gasteiger partial charge in [-0.1, -0.05) is 85.8 Å². The number of aromatic amines is 3. The normalized spacial score (nSPS) is 11.2. The van der Waals surface area contributed by atoms with E-state index in [2.05, 4.69) is 249 Å². The third-order valence-electron chi connectivity index (χ3n) is 23.2. The number of thiazole rings is 2. The molecule has 0 aliphatic rings. The van der Waals surface area contributed by atoms with Crippen molar-refractivity contribution in [3.05, 3.63) is 271 Å². The van der Waals surface area contributed by atoms with Crippen molar-refractivity contribution in [2.45, 2.75) is 51.9 Å². The largest absolute Gasteiger partial charge is 0.493 e. The van der Waals surface area contributed by atoms with Crippen molar-refractivity contribution in [3.63, 3.8) is 0 Å². The van der Waals surface area contributed by atoms with Gasteiger partial charge >= 0.3 is 6.03 Å². The van der Waals surface area contributed by atoms with Crippen LogP contribution in [0.2, 0.25) is 0 Å². The molecule has 0 aliphatic carbocycles. The van der Waals surface area contributed by atoms with Gasteiger partial charge in [-0.3, -0.25) is 0 Å². The summed E-state index contributed by atoms with van der Waals surface area (Å²) in [6, 6.07) is 69.2. The smallest absolute Gasteiger partial charge is 0.323 e. The Morgan fingerprint density at radius 3 is 1.19 bits per heavy atom. The van der Waals surface area contributed by atoms with Crippen molar-refractivity contribution < 1.29 is 28.8 Å². The van der Waals surface area contributed by atoms with E-state index in [0.717, 1.165) is 252 Å². The third-order valence-corrected chi connectivity index (χ3v) is 25.2. The van der Waals surface area contributed by atoms with Crippen LogP contribution in [0.4, 0.5) is 84.6 Å². The molecule has 9 heterocycles. The first kappa shape index (κ1) is 101. The number of carbonyl (C=O) groups excluding carboxylic acids is 1. The molecule has 0 fully saturated rings. The topological polar surface area (TPSA) is 431 Å². The maximum Gasteiger partial charge on any atom is 0.323 e. The first-order valence-electron chi connectivity index (χ1n) is 47.8. The lowest BCUT2D eigenvalue weighted by Gasteiger charge is -2.19. The van der Waals surface area contributed by atoms with E-state index in [1.165, 1.54) is 11.1 Å². The summed E-state index contributed by atoms with van der Waals surface area (Å²) in [4.78, 5) is 88.9. The van der Waals surface area contributed by atoms with Gasteiger partial charge in [-0.2, -0.15) is 0 Å². The van der Waals surface area contributed by atoms with Gasteiger partial charge in [0.05, 0.1) is 89.7 Å². The highest BCUT2D eigenvalue weighted by Crippen LogP contribution is 2.37. The quantitative estimate of drug-likeness (QED) is 0.0158. The van der Waals surface area contributed by atoms with Crippen molar-refractivity contribution in [2.75, 3.05) is 193 Å². The van der Waals surface area contributed by atoms with Crippen molar-refractivity contribution in [2.24, 2.45) is 0 Å². The number of ether oxygens (including phenoxy) is 4. The van der Waals surface area contributed by atoms with Crippen LogP contribution < -0.4 is 77.4 Å². The number of fused-ring (bicyclic) bond motifs is 7. The second-order valence-electron chi connectivity index (χ2n) is 34.1. The molecule has 10 aromatic carbocycles. The number of H-pyrrole nitrogens is 3. The first-order valence-corrected chi connectivity index (χ1v) is 49.5. The van der Waals surface area contributed by atoms with Crippen LogP contribution in [-0.2, 0) is 25.7 Å². The number of benzene rings is 10. The number of para-hydroxylation sites is 7. The Bertz CT molecular complexity index is 7230. The number of aliphatic hydroxyl groups is 1. The van der Waals surface area contributed by atoms with Crippen molar-refractivity contribution in [3.8, 4) is 23.0 Å². The number of urea groups is 1. The highest BCUT2D eigenvalue weighted by molar-refractivity contribution is 7.16. The molecule has 19 rings (SSSR count). The summed E-state index contributed by atoms with van der Waals surface area (Å²) in [6.07, 6.45) is 16.4. The molecule has 0 radical (unpaired) electrons. The van der Waals surface area contributed by atoms with Gasteiger partial charge < -0.3 is 112 Å². The number of rotatable bonds is 45. The number of carbonyl (C=O) groups is 1. The molecule has 0 saturated heterocycles. The molecule has 36 nitrogen and oxygen atoms in total. The van der Waals surface area contributed by atoms with Crippen LogP contribution in [0.3, 0.4) is 0 Å². The molecular weight excluding hydrogens is 1850 g/mol. The zero-order valence-electron chi connectivity index (χ0n) is 81.8. The Balaban J connectivity index is 0.000000138. The summed E-state index contributed by atoms with van der Waals surface area (Å²) in [6.45, 7) is 12.1. The van der Waals surface area contributed by atoms with Crippen LogP contribution in [-0.4, -0.2) is 240 Å². The van der Waals surface area contributed by atoms with Crippen molar-refractivity contribution in [1.82, 2.24) is 94.4 Å². The van der Waals surface area contributed by atoms with E-state index >= 15 is 0 Å².